The number of carbonyl (C=O) groups excluding carboxylic acids is 5. The Hall–Kier alpha value is -2.90. The van der Waals surface area contributed by atoms with E-state index in [0.29, 0.717) is 44.3 Å². The SMILES string of the molecule is CC(C)(C)C(NC(=O)C(F)(F)F)C(=O)N1CC2C(C1)C2(C)C.CNC(=O)C(O)C(CC1CCNC1=O)NC=O. The first-order valence-electron chi connectivity index (χ1n) is 12.9. The summed E-state index contributed by atoms with van der Waals surface area (Å²) in [5.74, 6) is -2.62. The number of halogens is 3. The number of hydrogen-bond acceptors (Lipinski definition) is 6. The Bertz CT molecular complexity index is 937. The predicted octanol–water partition coefficient (Wildman–Crippen LogP) is -0.0719. The first-order chi connectivity index (χ1) is 17.9. The monoisotopic (exact) mass is 563 g/mol. The molecular formula is C25H40F3N5O6. The van der Waals surface area contributed by atoms with Gasteiger partial charge in [0.05, 0.1) is 6.04 Å². The molecule has 2 saturated heterocycles. The highest BCUT2D eigenvalue weighted by Crippen LogP contribution is 2.62. The third kappa shape index (κ3) is 7.83. The van der Waals surface area contributed by atoms with E-state index in [2.05, 4.69) is 29.8 Å². The zero-order valence-electron chi connectivity index (χ0n) is 23.1. The molecule has 3 fully saturated rings. The molecular weight excluding hydrogens is 523 g/mol. The van der Waals surface area contributed by atoms with E-state index < -0.39 is 47.5 Å². The van der Waals surface area contributed by atoms with Crippen LogP contribution < -0.4 is 21.3 Å². The lowest BCUT2D eigenvalue weighted by atomic mass is 9.85. The molecule has 1 aliphatic carbocycles. The molecule has 0 aromatic rings. The van der Waals surface area contributed by atoms with Crippen LogP contribution in [-0.4, -0.2) is 91.1 Å². The van der Waals surface area contributed by atoms with Crippen LogP contribution in [0.5, 0.6) is 0 Å². The molecule has 0 bridgehead atoms. The van der Waals surface area contributed by atoms with Gasteiger partial charge >= 0.3 is 12.1 Å². The molecule has 222 valence electrons. The minimum Gasteiger partial charge on any atom is -0.381 e. The van der Waals surface area contributed by atoms with Gasteiger partial charge < -0.3 is 31.3 Å². The number of carbonyl (C=O) groups is 5. The van der Waals surface area contributed by atoms with Crippen molar-refractivity contribution < 1.29 is 42.3 Å². The molecule has 3 rings (SSSR count). The molecule has 5 amide bonds. The zero-order valence-corrected chi connectivity index (χ0v) is 23.1. The molecule has 6 atom stereocenters. The summed E-state index contributed by atoms with van der Waals surface area (Å²) < 4.78 is 37.4. The van der Waals surface area contributed by atoms with Crippen molar-refractivity contribution in [2.24, 2.45) is 28.6 Å². The Morgan fingerprint density at radius 2 is 1.74 bits per heavy atom. The van der Waals surface area contributed by atoms with Crippen molar-refractivity contribution in [2.45, 2.75) is 71.8 Å². The molecule has 1 saturated carbocycles. The molecule has 14 heteroatoms. The highest BCUT2D eigenvalue weighted by atomic mass is 19.4. The van der Waals surface area contributed by atoms with Crippen LogP contribution in [0.1, 0.15) is 47.5 Å². The van der Waals surface area contributed by atoms with E-state index in [4.69, 9.17) is 0 Å². The van der Waals surface area contributed by atoms with Crippen LogP contribution in [0.2, 0.25) is 0 Å². The highest BCUT2D eigenvalue weighted by Gasteiger charge is 2.63. The van der Waals surface area contributed by atoms with Gasteiger partial charge in [-0.2, -0.15) is 13.2 Å². The maximum atomic E-state index is 12.6. The first-order valence-corrected chi connectivity index (χ1v) is 12.9. The molecule has 0 spiro atoms. The Kier molecular flexibility index (Phi) is 10.0. The van der Waals surface area contributed by atoms with E-state index in [9.17, 15) is 42.3 Å². The number of nitrogens with one attached hydrogen (secondary N) is 4. The number of aliphatic hydroxyl groups excluding tert-OH is 1. The number of aliphatic hydroxyl groups is 1. The van der Waals surface area contributed by atoms with Crippen LogP contribution in [0.4, 0.5) is 13.2 Å². The third-order valence-corrected chi connectivity index (χ3v) is 7.96. The van der Waals surface area contributed by atoms with Crippen LogP contribution in [0.25, 0.3) is 0 Å². The van der Waals surface area contributed by atoms with Gasteiger partial charge in [0.1, 0.15) is 6.04 Å². The molecule has 0 aromatic carbocycles. The second-order valence-corrected chi connectivity index (χ2v) is 12.0. The van der Waals surface area contributed by atoms with Crippen molar-refractivity contribution in [3.8, 4) is 0 Å². The number of likely N-dealkylation sites (tertiary alicyclic amines) is 1. The number of nitrogens with zero attached hydrogens (tertiary/aromatic N) is 1. The Morgan fingerprint density at radius 3 is 2.15 bits per heavy atom. The molecule has 6 unspecified atom stereocenters. The smallest absolute Gasteiger partial charge is 0.381 e. The number of alkyl halides is 3. The van der Waals surface area contributed by atoms with E-state index >= 15 is 0 Å². The lowest BCUT2D eigenvalue weighted by Gasteiger charge is -2.34. The van der Waals surface area contributed by atoms with Crippen molar-refractivity contribution >= 4 is 30.0 Å². The summed E-state index contributed by atoms with van der Waals surface area (Å²) in [4.78, 5) is 58.4. The van der Waals surface area contributed by atoms with E-state index in [1.165, 1.54) is 7.05 Å². The van der Waals surface area contributed by atoms with E-state index in [-0.39, 0.29) is 23.7 Å². The van der Waals surface area contributed by atoms with Crippen molar-refractivity contribution in [1.82, 2.24) is 26.2 Å². The molecule has 3 aliphatic rings. The summed E-state index contributed by atoms with van der Waals surface area (Å²) in [6.07, 6.45) is -5.02. The summed E-state index contributed by atoms with van der Waals surface area (Å²) >= 11 is 0. The van der Waals surface area contributed by atoms with Crippen LogP contribution in [-0.2, 0) is 24.0 Å². The fraction of sp³-hybridized carbons (Fsp3) is 0.800. The maximum Gasteiger partial charge on any atom is 0.471 e. The van der Waals surface area contributed by atoms with Crippen molar-refractivity contribution in [1.29, 1.82) is 0 Å². The number of hydrogen-bond donors (Lipinski definition) is 5. The van der Waals surface area contributed by atoms with Gasteiger partial charge in [-0.1, -0.05) is 34.6 Å². The van der Waals surface area contributed by atoms with Gasteiger partial charge in [-0.05, 0) is 35.5 Å². The van der Waals surface area contributed by atoms with E-state index in [1.807, 2.05) is 5.32 Å². The molecule has 0 radical (unpaired) electrons. The molecule has 0 aromatic heterocycles. The van der Waals surface area contributed by atoms with Gasteiger partial charge in [-0.25, -0.2) is 0 Å². The van der Waals surface area contributed by atoms with Gasteiger partial charge in [0, 0.05) is 32.6 Å². The molecule has 2 aliphatic heterocycles. The summed E-state index contributed by atoms with van der Waals surface area (Å²) in [7, 11) is 1.39. The third-order valence-electron chi connectivity index (χ3n) is 7.96. The fourth-order valence-electron chi connectivity index (χ4n) is 5.24. The number of fused-ring (bicyclic) bond motifs is 1. The Labute approximate surface area is 226 Å². The van der Waals surface area contributed by atoms with Gasteiger partial charge in [0.2, 0.25) is 18.2 Å². The van der Waals surface area contributed by atoms with Crippen molar-refractivity contribution in [3.05, 3.63) is 0 Å². The normalized spacial score (nSPS) is 25.6. The van der Waals surface area contributed by atoms with E-state index in [1.54, 1.807) is 25.7 Å². The number of piperidine rings is 1. The maximum absolute atomic E-state index is 12.6. The van der Waals surface area contributed by atoms with Crippen LogP contribution in [0.15, 0.2) is 0 Å². The fourth-order valence-corrected chi connectivity index (χ4v) is 5.24. The Balaban J connectivity index is 0.000000283. The summed E-state index contributed by atoms with van der Waals surface area (Å²) in [5.41, 5.74) is -0.580. The van der Waals surface area contributed by atoms with Gasteiger partial charge in [-0.15, -0.1) is 0 Å². The minimum absolute atomic E-state index is 0.105. The standard InChI is InChI=1S/C15H23F3N2O2.C10H17N3O4/c1-13(2,3)10(19-12(22)15(16,17)18)11(21)20-6-8-9(7-20)14(8,4)5;1-11-10(17)8(15)7(13-5-14)4-6-2-3-12-9(6)16/h8-10H,6-7H2,1-5H3,(H,19,22);5-8,15H,2-4H2,1H3,(H,11,17)(H,12,16)(H,13,14). The summed E-state index contributed by atoms with van der Waals surface area (Å²) in [5, 5.41) is 18.9. The van der Waals surface area contributed by atoms with Gasteiger partial charge in [-0.3, -0.25) is 24.0 Å². The first kappa shape index (κ1) is 32.3. The lowest BCUT2D eigenvalue weighted by Crippen LogP contribution is -2.57. The zero-order chi connectivity index (χ0) is 29.9. The van der Waals surface area contributed by atoms with Crippen LogP contribution in [0.3, 0.4) is 0 Å². The largest absolute Gasteiger partial charge is 0.471 e. The van der Waals surface area contributed by atoms with Crippen molar-refractivity contribution in [3.63, 3.8) is 0 Å². The average molecular weight is 564 g/mol. The second-order valence-electron chi connectivity index (χ2n) is 12.0. The van der Waals surface area contributed by atoms with Crippen molar-refractivity contribution in [2.75, 3.05) is 26.7 Å². The lowest BCUT2D eigenvalue weighted by molar-refractivity contribution is -0.176. The second kappa shape index (κ2) is 12.1. The topological polar surface area (TPSA) is 157 Å². The quantitative estimate of drug-likeness (QED) is 0.260. The van der Waals surface area contributed by atoms with Crippen LogP contribution in [0, 0.1) is 28.6 Å². The minimum atomic E-state index is -4.99. The summed E-state index contributed by atoms with van der Waals surface area (Å²) in [6, 6.07) is -1.93. The molecule has 11 nitrogen and oxygen atoms in total. The van der Waals surface area contributed by atoms with E-state index in [0.717, 1.165) is 0 Å². The van der Waals surface area contributed by atoms with Gasteiger partial charge in [0.15, 0.2) is 6.10 Å². The van der Waals surface area contributed by atoms with Crippen LogP contribution >= 0.6 is 0 Å². The predicted molar refractivity (Wildman–Crippen MR) is 134 cm³/mol. The number of amides is 5. The number of likely N-dealkylation sites (N-methyl/N-ethyl adjacent to an activating group) is 1. The highest BCUT2D eigenvalue weighted by molar-refractivity contribution is 5.90. The molecule has 2 heterocycles. The number of rotatable bonds is 8. The molecule has 39 heavy (non-hydrogen) atoms. The molecule has 5 N–H and O–H groups in total. The van der Waals surface area contributed by atoms with Gasteiger partial charge in [0.25, 0.3) is 5.91 Å². The Morgan fingerprint density at radius 1 is 1.18 bits per heavy atom. The average Bonchev–Trinajstić information content (AvgIpc) is 3.23. The summed E-state index contributed by atoms with van der Waals surface area (Å²) in [6.45, 7) is 10.9.